The highest BCUT2D eigenvalue weighted by Crippen LogP contribution is 2.29. The van der Waals surface area contributed by atoms with Crippen molar-refractivity contribution in [2.45, 2.75) is 6.92 Å². The van der Waals surface area contributed by atoms with Crippen LogP contribution in [0.2, 0.25) is 0 Å². The zero-order chi connectivity index (χ0) is 15.0. The highest BCUT2D eigenvalue weighted by Gasteiger charge is 2.09. The first kappa shape index (κ1) is 14.0. The van der Waals surface area contributed by atoms with Gasteiger partial charge < -0.3 is 4.74 Å². The number of ether oxygens (including phenoxy) is 1. The quantitative estimate of drug-likeness (QED) is 0.609. The van der Waals surface area contributed by atoms with Crippen molar-refractivity contribution in [3.8, 4) is 11.5 Å². The Morgan fingerprint density at radius 1 is 1.29 bits per heavy atom. The van der Waals surface area contributed by atoms with E-state index in [1.165, 1.54) is 23.7 Å². The maximum absolute atomic E-state index is 13.1. The maximum Gasteiger partial charge on any atom is 0.244 e. The highest BCUT2D eigenvalue weighted by atomic mass is 127. The fourth-order valence-electron chi connectivity index (χ4n) is 2.01. The highest BCUT2D eigenvalue weighted by molar-refractivity contribution is 14.1. The Labute approximate surface area is 133 Å². The number of rotatable bonds is 2. The summed E-state index contributed by atoms with van der Waals surface area (Å²) in [7, 11) is 0. The number of aromatic nitrogens is 2. The lowest BCUT2D eigenvalue weighted by Crippen LogP contribution is -2.06. The van der Waals surface area contributed by atoms with Crippen molar-refractivity contribution < 1.29 is 13.9 Å². The Balaban J connectivity index is 1.96. The third kappa shape index (κ3) is 2.76. The van der Waals surface area contributed by atoms with E-state index in [4.69, 9.17) is 4.74 Å². The monoisotopic (exact) mass is 396 g/mol. The van der Waals surface area contributed by atoms with E-state index in [-0.39, 0.29) is 11.7 Å². The van der Waals surface area contributed by atoms with Gasteiger partial charge in [-0.15, -0.1) is 0 Å². The molecule has 1 heterocycles. The summed E-state index contributed by atoms with van der Waals surface area (Å²) < 4.78 is 20.8. The van der Waals surface area contributed by atoms with Crippen molar-refractivity contribution in [1.82, 2.24) is 9.78 Å². The van der Waals surface area contributed by atoms with Crippen LogP contribution in [0.5, 0.6) is 11.5 Å². The van der Waals surface area contributed by atoms with E-state index in [0.29, 0.717) is 15.1 Å². The van der Waals surface area contributed by atoms with Crippen molar-refractivity contribution in [2.24, 2.45) is 0 Å². The molecule has 0 atom stereocenters. The first-order chi connectivity index (χ1) is 10.0. The van der Waals surface area contributed by atoms with Gasteiger partial charge in [0, 0.05) is 12.3 Å². The number of halogens is 2. The molecule has 3 rings (SSSR count). The molecule has 0 saturated carbocycles. The van der Waals surface area contributed by atoms with Crippen LogP contribution in [0.15, 0.2) is 42.6 Å². The molecule has 0 fully saturated rings. The Hall–Kier alpha value is -1.96. The first-order valence-electron chi connectivity index (χ1n) is 6.16. The number of nitrogens with zero attached hydrogens (tertiary/aromatic N) is 2. The summed E-state index contributed by atoms with van der Waals surface area (Å²) in [5, 5.41) is 4.84. The van der Waals surface area contributed by atoms with Crippen LogP contribution in [0.1, 0.15) is 11.7 Å². The summed E-state index contributed by atoms with van der Waals surface area (Å²) >= 11 is 2.02. The summed E-state index contributed by atoms with van der Waals surface area (Å²) in [6, 6.07) is 9.66. The van der Waals surface area contributed by atoms with Crippen LogP contribution < -0.4 is 4.74 Å². The van der Waals surface area contributed by atoms with Crippen LogP contribution >= 0.6 is 22.6 Å². The molecule has 6 heteroatoms. The van der Waals surface area contributed by atoms with Gasteiger partial charge in [0.2, 0.25) is 5.91 Å². The summed E-state index contributed by atoms with van der Waals surface area (Å²) in [6.07, 6.45) is 1.61. The standard InChI is InChI=1S/C15H10FIN2O2/c1-9(20)19-14-4-3-12(6-10(14)8-18-19)21-15-5-2-11(16)7-13(15)17/h2-8H,1H3. The van der Waals surface area contributed by atoms with Crippen LogP contribution in [0, 0.1) is 9.39 Å². The molecule has 0 aliphatic carbocycles. The average Bonchev–Trinajstić information content (AvgIpc) is 2.85. The molecule has 0 aliphatic rings. The molecular formula is C15H10FIN2O2. The number of benzene rings is 2. The molecule has 2 aromatic carbocycles. The lowest BCUT2D eigenvalue weighted by molar-refractivity contribution is 0.0927. The van der Waals surface area contributed by atoms with Gasteiger partial charge in [-0.05, 0) is 59.0 Å². The Kier molecular flexibility index (Phi) is 3.62. The summed E-state index contributed by atoms with van der Waals surface area (Å²) in [4.78, 5) is 11.4. The molecule has 0 radical (unpaired) electrons. The number of hydrogen-bond acceptors (Lipinski definition) is 3. The molecule has 0 aliphatic heterocycles. The smallest absolute Gasteiger partial charge is 0.244 e. The molecule has 0 unspecified atom stereocenters. The number of fused-ring (bicyclic) bond motifs is 1. The van der Waals surface area contributed by atoms with Crippen molar-refractivity contribution in [2.75, 3.05) is 0 Å². The van der Waals surface area contributed by atoms with Gasteiger partial charge >= 0.3 is 0 Å². The van der Waals surface area contributed by atoms with Crippen molar-refractivity contribution in [1.29, 1.82) is 0 Å². The minimum absolute atomic E-state index is 0.147. The molecule has 1 aromatic heterocycles. The molecule has 0 bridgehead atoms. The molecule has 3 aromatic rings. The zero-order valence-corrected chi connectivity index (χ0v) is 13.2. The van der Waals surface area contributed by atoms with Gasteiger partial charge in [0.15, 0.2) is 0 Å². The van der Waals surface area contributed by atoms with Gasteiger partial charge in [0.05, 0.1) is 15.3 Å². The van der Waals surface area contributed by atoms with Crippen molar-refractivity contribution in [3.05, 3.63) is 52.0 Å². The van der Waals surface area contributed by atoms with Crippen LogP contribution in [0.3, 0.4) is 0 Å². The van der Waals surface area contributed by atoms with Crippen molar-refractivity contribution >= 4 is 39.4 Å². The average molecular weight is 396 g/mol. The van der Waals surface area contributed by atoms with Gasteiger partial charge in [0.25, 0.3) is 0 Å². The van der Waals surface area contributed by atoms with Gasteiger partial charge in [-0.1, -0.05) is 0 Å². The Bertz CT molecular complexity index is 845. The lowest BCUT2D eigenvalue weighted by atomic mass is 10.2. The summed E-state index contributed by atoms with van der Waals surface area (Å²) in [5.74, 6) is 0.738. The summed E-state index contributed by atoms with van der Waals surface area (Å²) in [5.41, 5.74) is 0.726. The van der Waals surface area contributed by atoms with Gasteiger partial charge in [-0.3, -0.25) is 4.79 Å². The maximum atomic E-state index is 13.1. The van der Waals surface area contributed by atoms with Crippen LogP contribution in [0.25, 0.3) is 10.9 Å². The fourth-order valence-corrected chi connectivity index (χ4v) is 2.60. The minimum atomic E-state index is -0.301. The molecule has 0 amide bonds. The van der Waals surface area contributed by atoms with Gasteiger partial charge in [0.1, 0.15) is 17.3 Å². The molecule has 106 valence electrons. The molecule has 0 spiro atoms. The van der Waals surface area contributed by atoms with E-state index in [1.807, 2.05) is 22.6 Å². The van der Waals surface area contributed by atoms with Crippen molar-refractivity contribution in [3.63, 3.8) is 0 Å². The van der Waals surface area contributed by atoms with E-state index < -0.39 is 0 Å². The van der Waals surface area contributed by atoms with Crippen LogP contribution in [-0.4, -0.2) is 15.7 Å². The Morgan fingerprint density at radius 2 is 2.10 bits per heavy atom. The number of carbonyl (C=O) groups excluding carboxylic acids is 1. The third-order valence-electron chi connectivity index (χ3n) is 2.96. The second kappa shape index (κ2) is 5.44. The van der Waals surface area contributed by atoms with E-state index >= 15 is 0 Å². The molecule has 0 N–H and O–H groups in total. The van der Waals surface area contributed by atoms with E-state index in [2.05, 4.69) is 5.10 Å². The van der Waals surface area contributed by atoms with Crippen LogP contribution in [0.4, 0.5) is 4.39 Å². The molecule has 4 nitrogen and oxygen atoms in total. The Morgan fingerprint density at radius 3 is 2.81 bits per heavy atom. The van der Waals surface area contributed by atoms with Gasteiger partial charge in [-0.25, -0.2) is 9.07 Å². The van der Waals surface area contributed by atoms with Gasteiger partial charge in [-0.2, -0.15) is 5.10 Å². The normalized spacial score (nSPS) is 10.8. The fraction of sp³-hybridized carbons (Fsp3) is 0.0667. The minimum Gasteiger partial charge on any atom is -0.456 e. The number of hydrogen-bond donors (Lipinski definition) is 0. The van der Waals surface area contributed by atoms with E-state index in [9.17, 15) is 9.18 Å². The number of carbonyl (C=O) groups is 1. The van der Waals surface area contributed by atoms with Crippen LogP contribution in [-0.2, 0) is 0 Å². The largest absolute Gasteiger partial charge is 0.456 e. The zero-order valence-electron chi connectivity index (χ0n) is 11.0. The third-order valence-corrected chi connectivity index (χ3v) is 3.80. The predicted molar refractivity (Wildman–Crippen MR) is 85.2 cm³/mol. The van der Waals surface area contributed by atoms with E-state index in [1.54, 1.807) is 30.5 Å². The van der Waals surface area contributed by atoms with E-state index in [0.717, 1.165) is 10.9 Å². The molecule has 21 heavy (non-hydrogen) atoms. The second-order valence-electron chi connectivity index (χ2n) is 4.47. The lowest BCUT2D eigenvalue weighted by Gasteiger charge is -2.08. The molecular weight excluding hydrogens is 386 g/mol. The predicted octanol–water partition coefficient (Wildman–Crippen LogP) is 4.23. The first-order valence-corrected chi connectivity index (χ1v) is 7.24. The topological polar surface area (TPSA) is 44.1 Å². The summed E-state index contributed by atoms with van der Waals surface area (Å²) in [6.45, 7) is 1.46. The molecule has 0 saturated heterocycles. The second-order valence-corrected chi connectivity index (χ2v) is 5.64. The SMILES string of the molecule is CC(=O)n1ncc2cc(Oc3ccc(F)cc3I)ccc21.